The molecule has 44 heavy (non-hydrogen) atoms. The van der Waals surface area contributed by atoms with E-state index in [2.05, 4.69) is 83.0 Å². The average Bonchev–Trinajstić information content (AvgIpc) is 3.75. The van der Waals surface area contributed by atoms with Crippen LogP contribution in [0.2, 0.25) is 0 Å². The number of benzene rings is 4. The van der Waals surface area contributed by atoms with E-state index in [0.29, 0.717) is 24.5 Å². The first kappa shape index (κ1) is 29.4. The molecule has 1 amide bonds. The van der Waals surface area contributed by atoms with E-state index < -0.39 is 0 Å². The predicted octanol–water partition coefficient (Wildman–Crippen LogP) is 7.03. The number of amides is 1. The van der Waals surface area contributed by atoms with Crippen molar-refractivity contribution in [1.82, 2.24) is 15.2 Å². The van der Waals surface area contributed by atoms with Gasteiger partial charge in [-0.2, -0.15) is 0 Å². The number of ether oxygens (including phenoxy) is 3. The van der Waals surface area contributed by atoms with E-state index in [0.717, 1.165) is 41.6 Å². The lowest BCUT2D eigenvalue weighted by Gasteiger charge is -2.25. The Kier molecular flexibility index (Phi) is 9.50. The second kappa shape index (κ2) is 14.2. The van der Waals surface area contributed by atoms with Crippen LogP contribution in [-0.2, 0) is 19.6 Å². The minimum atomic E-state index is -0.194. The van der Waals surface area contributed by atoms with Crippen LogP contribution in [0, 0.1) is 0 Å². The molecule has 1 aliphatic rings. The zero-order valence-electron chi connectivity index (χ0n) is 24.6. The van der Waals surface area contributed by atoms with Crippen molar-refractivity contribution in [2.45, 2.75) is 32.0 Å². The number of aromatic nitrogens is 1. The van der Waals surface area contributed by atoms with Crippen LogP contribution >= 0.6 is 11.3 Å². The quantitative estimate of drug-likeness (QED) is 0.155. The highest BCUT2D eigenvalue weighted by Gasteiger charge is 2.19. The molecule has 6 rings (SSSR count). The van der Waals surface area contributed by atoms with Crippen molar-refractivity contribution < 1.29 is 19.0 Å². The third-order valence-corrected chi connectivity index (χ3v) is 8.57. The number of hydrogen-bond acceptors (Lipinski definition) is 7. The van der Waals surface area contributed by atoms with Gasteiger partial charge in [-0.1, -0.05) is 78.9 Å². The van der Waals surface area contributed by atoms with Crippen molar-refractivity contribution in [3.63, 3.8) is 0 Å². The summed E-state index contributed by atoms with van der Waals surface area (Å²) in [6.07, 6.45) is 0.943. The van der Waals surface area contributed by atoms with E-state index >= 15 is 0 Å². The molecular weight excluding hydrogens is 570 g/mol. The van der Waals surface area contributed by atoms with Crippen LogP contribution in [0.5, 0.6) is 17.2 Å². The lowest BCUT2D eigenvalue weighted by Crippen LogP contribution is -2.26. The minimum Gasteiger partial charge on any atom is -0.497 e. The van der Waals surface area contributed by atoms with Gasteiger partial charge in [-0.25, -0.2) is 4.98 Å². The summed E-state index contributed by atoms with van der Waals surface area (Å²) in [4.78, 5) is 20.1. The molecule has 0 unspecified atom stereocenters. The molecule has 4 aromatic carbocycles. The van der Waals surface area contributed by atoms with E-state index in [1.54, 1.807) is 7.11 Å². The lowest BCUT2D eigenvalue weighted by molar-refractivity contribution is 0.0946. The van der Waals surface area contributed by atoms with Crippen molar-refractivity contribution in [1.29, 1.82) is 0 Å². The fraction of sp³-hybridized carbons (Fsp3) is 0.222. The van der Waals surface area contributed by atoms with Crippen molar-refractivity contribution >= 4 is 17.2 Å². The topological polar surface area (TPSA) is 72.9 Å². The predicted molar refractivity (Wildman–Crippen MR) is 172 cm³/mol. The van der Waals surface area contributed by atoms with Gasteiger partial charge in [-0.05, 0) is 59.5 Å². The maximum absolute atomic E-state index is 13.0. The van der Waals surface area contributed by atoms with E-state index in [-0.39, 0.29) is 18.6 Å². The van der Waals surface area contributed by atoms with E-state index in [4.69, 9.17) is 19.2 Å². The molecule has 0 aliphatic carbocycles. The Bertz CT molecular complexity index is 1620. The highest BCUT2D eigenvalue weighted by molar-refractivity contribution is 7.09. The fourth-order valence-corrected chi connectivity index (χ4v) is 6.23. The second-order valence-electron chi connectivity index (χ2n) is 10.7. The van der Waals surface area contributed by atoms with Gasteiger partial charge in [0.15, 0.2) is 11.5 Å². The van der Waals surface area contributed by atoms with Gasteiger partial charge in [0.1, 0.15) is 16.5 Å². The Hall–Kier alpha value is -4.66. The van der Waals surface area contributed by atoms with Crippen LogP contribution in [0.3, 0.4) is 0 Å². The van der Waals surface area contributed by atoms with Crippen LogP contribution in [0.1, 0.15) is 50.1 Å². The molecule has 2 heterocycles. The third kappa shape index (κ3) is 7.45. The van der Waals surface area contributed by atoms with Crippen molar-refractivity contribution in [3.8, 4) is 17.2 Å². The van der Waals surface area contributed by atoms with Gasteiger partial charge in [-0.3, -0.25) is 9.69 Å². The standard InChI is InChI=1S/C36H35N3O4S/c1-41-30-15-12-26(13-16-30)22-39(19-18-31(28-8-4-2-5-9-28)29-10-6-3-7-11-29)23-35-38-32(24-44-35)36(40)37-21-27-14-17-33-34(20-27)43-25-42-33/h2-17,20,24,31H,18-19,21-23,25H2,1H3,(H,37,40). The molecule has 0 atom stereocenters. The van der Waals surface area contributed by atoms with Crippen LogP contribution in [0.25, 0.3) is 0 Å². The summed E-state index contributed by atoms with van der Waals surface area (Å²) < 4.78 is 16.2. The average molecular weight is 606 g/mol. The van der Waals surface area contributed by atoms with Crippen LogP contribution in [0.4, 0.5) is 0 Å². The zero-order chi connectivity index (χ0) is 30.1. The molecule has 5 aromatic rings. The van der Waals surface area contributed by atoms with Crippen LogP contribution < -0.4 is 19.5 Å². The molecule has 1 N–H and O–H groups in total. The van der Waals surface area contributed by atoms with Crippen LogP contribution in [-0.4, -0.2) is 36.2 Å². The molecule has 0 saturated heterocycles. The number of fused-ring (bicyclic) bond motifs is 1. The number of nitrogens with one attached hydrogen (secondary N) is 1. The second-order valence-corrected chi connectivity index (χ2v) is 11.7. The molecular formula is C36H35N3O4S. The van der Waals surface area contributed by atoms with Crippen molar-refractivity contribution in [2.24, 2.45) is 0 Å². The molecule has 0 radical (unpaired) electrons. The number of carbonyl (C=O) groups is 1. The van der Waals surface area contributed by atoms with Gasteiger partial charge in [0, 0.05) is 24.4 Å². The fourth-order valence-electron chi connectivity index (χ4n) is 5.41. The van der Waals surface area contributed by atoms with Gasteiger partial charge >= 0.3 is 0 Å². The van der Waals surface area contributed by atoms with Gasteiger partial charge in [-0.15, -0.1) is 11.3 Å². The summed E-state index contributed by atoms with van der Waals surface area (Å²) in [5.41, 5.74) is 5.18. The number of hydrogen-bond donors (Lipinski definition) is 1. The molecule has 0 spiro atoms. The van der Waals surface area contributed by atoms with E-state index in [9.17, 15) is 4.79 Å². The van der Waals surface area contributed by atoms with Gasteiger partial charge in [0.2, 0.25) is 6.79 Å². The first-order valence-corrected chi connectivity index (χ1v) is 15.6. The zero-order valence-corrected chi connectivity index (χ0v) is 25.5. The molecule has 7 nitrogen and oxygen atoms in total. The first-order valence-electron chi connectivity index (χ1n) is 14.7. The minimum absolute atomic E-state index is 0.194. The number of rotatable bonds is 13. The molecule has 1 aliphatic heterocycles. The Labute approximate surface area is 262 Å². The summed E-state index contributed by atoms with van der Waals surface area (Å²) in [5.74, 6) is 2.34. The number of thiazole rings is 1. The lowest BCUT2D eigenvalue weighted by atomic mass is 9.88. The molecule has 0 fully saturated rings. The van der Waals surface area contributed by atoms with Gasteiger partial charge < -0.3 is 19.5 Å². The first-order chi connectivity index (χ1) is 21.6. The van der Waals surface area contributed by atoms with Gasteiger partial charge in [0.05, 0.1) is 13.7 Å². The van der Waals surface area contributed by atoms with E-state index in [1.807, 2.05) is 35.7 Å². The maximum atomic E-state index is 13.0. The normalized spacial score (nSPS) is 12.1. The van der Waals surface area contributed by atoms with Crippen molar-refractivity contribution in [2.75, 3.05) is 20.4 Å². The summed E-state index contributed by atoms with van der Waals surface area (Å²) in [5, 5.41) is 5.73. The summed E-state index contributed by atoms with van der Waals surface area (Å²) in [7, 11) is 1.68. The summed E-state index contributed by atoms with van der Waals surface area (Å²) in [6, 6.07) is 35.3. The highest BCUT2D eigenvalue weighted by Crippen LogP contribution is 2.32. The number of nitrogens with zero attached hydrogens (tertiary/aromatic N) is 2. The Morgan fingerprint density at radius 2 is 1.57 bits per heavy atom. The van der Waals surface area contributed by atoms with Gasteiger partial charge in [0.25, 0.3) is 5.91 Å². The third-order valence-electron chi connectivity index (χ3n) is 7.74. The monoisotopic (exact) mass is 605 g/mol. The number of methoxy groups -OCH3 is 1. The SMILES string of the molecule is COc1ccc(CN(CCC(c2ccccc2)c2ccccc2)Cc2nc(C(=O)NCc3ccc4c(c3)OCO4)cs2)cc1. The Morgan fingerprint density at radius 3 is 2.27 bits per heavy atom. The van der Waals surface area contributed by atoms with Crippen molar-refractivity contribution in [3.05, 3.63) is 141 Å². The van der Waals surface area contributed by atoms with Crippen LogP contribution in [0.15, 0.2) is 109 Å². The Balaban J connectivity index is 1.15. The summed E-state index contributed by atoms with van der Waals surface area (Å²) in [6.45, 7) is 2.85. The molecule has 224 valence electrons. The highest BCUT2D eigenvalue weighted by atomic mass is 32.1. The van der Waals surface area contributed by atoms with E-state index in [1.165, 1.54) is 28.0 Å². The smallest absolute Gasteiger partial charge is 0.271 e. The molecule has 0 saturated carbocycles. The largest absolute Gasteiger partial charge is 0.497 e. The number of carbonyl (C=O) groups excluding carboxylic acids is 1. The molecule has 1 aromatic heterocycles. The maximum Gasteiger partial charge on any atom is 0.271 e. The molecule has 8 heteroatoms. The Morgan fingerprint density at radius 1 is 0.886 bits per heavy atom. The molecule has 0 bridgehead atoms. The summed E-state index contributed by atoms with van der Waals surface area (Å²) >= 11 is 1.52.